The van der Waals surface area contributed by atoms with Gasteiger partial charge in [0.15, 0.2) is 11.5 Å². The molecular formula is C30H30N10O. The maximum absolute atomic E-state index is 13.3. The Balaban J connectivity index is 1.20. The lowest BCUT2D eigenvalue weighted by Crippen LogP contribution is -2.26. The number of likely N-dealkylation sites (tertiary alicyclic amines) is 1. The molecule has 0 amide bonds. The van der Waals surface area contributed by atoms with Crippen LogP contribution in [0.2, 0.25) is 0 Å². The number of nitrogens with zero attached hydrogens (tertiary/aromatic N) is 9. The summed E-state index contributed by atoms with van der Waals surface area (Å²) < 4.78 is 3.26. The summed E-state index contributed by atoms with van der Waals surface area (Å²) in [5.41, 5.74) is 3.60. The van der Waals surface area contributed by atoms with Crippen LogP contribution in [-0.4, -0.2) is 72.4 Å². The van der Waals surface area contributed by atoms with Crippen LogP contribution in [0.5, 0.6) is 0 Å². The van der Waals surface area contributed by atoms with Gasteiger partial charge in [0.05, 0.1) is 18.4 Å². The second-order valence-electron chi connectivity index (χ2n) is 10.7. The maximum atomic E-state index is 13.3. The Labute approximate surface area is 236 Å². The van der Waals surface area contributed by atoms with E-state index in [0.29, 0.717) is 34.2 Å². The summed E-state index contributed by atoms with van der Waals surface area (Å²) in [6.07, 6.45) is 8.12. The number of rotatable bonds is 7. The molecule has 2 aliphatic rings. The van der Waals surface area contributed by atoms with Gasteiger partial charge in [0.2, 0.25) is 5.95 Å². The first-order chi connectivity index (χ1) is 20.1. The zero-order valence-electron chi connectivity index (χ0n) is 22.8. The molecular weight excluding hydrogens is 516 g/mol. The second kappa shape index (κ2) is 10.3. The third-order valence-corrected chi connectivity index (χ3v) is 7.91. The van der Waals surface area contributed by atoms with Gasteiger partial charge in [-0.3, -0.25) is 14.8 Å². The minimum Gasteiger partial charge on any atom is -0.371 e. The van der Waals surface area contributed by atoms with E-state index in [2.05, 4.69) is 55.8 Å². The van der Waals surface area contributed by atoms with E-state index in [9.17, 15) is 4.79 Å². The van der Waals surface area contributed by atoms with Gasteiger partial charge in [-0.05, 0) is 55.3 Å². The number of pyridine rings is 1. The molecule has 0 spiro atoms. The molecule has 2 fully saturated rings. The molecule has 0 aliphatic carbocycles. The molecule has 2 atom stereocenters. The molecule has 2 saturated heterocycles. The van der Waals surface area contributed by atoms with Crippen molar-refractivity contribution >= 4 is 28.4 Å². The fourth-order valence-corrected chi connectivity index (χ4v) is 6.05. The highest BCUT2D eigenvalue weighted by atomic mass is 16.1. The van der Waals surface area contributed by atoms with Crippen molar-refractivity contribution in [1.82, 2.24) is 39.2 Å². The summed E-state index contributed by atoms with van der Waals surface area (Å²) in [5.74, 6) is 2.41. The first-order valence-electron chi connectivity index (χ1n) is 13.7. The number of hydrogen-bond donors (Lipinski definition) is 1. The molecule has 0 bridgehead atoms. The van der Waals surface area contributed by atoms with Crippen molar-refractivity contribution in [3.8, 4) is 17.2 Å². The van der Waals surface area contributed by atoms with E-state index in [1.807, 2.05) is 30.3 Å². The van der Waals surface area contributed by atoms with Crippen molar-refractivity contribution < 1.29 is 0 Å². The summed E-state index contributed by atoms with van der Waals surface area (Å²) in [4.78, 5) is 40.8. The van der Waals surface area contributed by atoms with E-state index in [4.69, 9.17) is 9.97 Å². The Hall–Kier alpha value is -4.90. The average molecular weight is 547 g/mol. The molecule has 7 rings (SSSR count). The standard InChI is InChI=1S/C30H30N10O/c1-3-13-39-29(41)24-14-33-30(34-22-7-9-23(10-8-22)38-18-20-16-37(2)17-21(20)19-38)36-28(24)40(39)27-6-4-5-25(35-27)26-15-31-11-12-32-26/h3-12,14-15,20-21H,1,13,16-19H2,2H3,(H,33,34,36). The summed E-state index contributed by atoms with van der Waals surface area (Å²) >= 11 is 0. The molecule has 6 heterocycles. The molecule has 4 aromatic heterocycles. The van der Waals surface area contributed by atoms with Crippen LogP contribution < -0.4 is 15.8 Å². The van der Waals surface area contributed by atoms with Crippen molar-refractivity contribution in [2.75, 3.05) is 43.4 Å². The van der Waals surface area contributed by atoms with Crippen LogP contribution in [0.4, 0.5) is 17.3 Å². The molecule has 2 unspecified atom stereocenters. The van der Waals surface area contributed by atoms with Gasteiger partial charge in [-0.15, -0.1) is 6.58 Å². The average Bonchev–Trinajstić information content (AvgIpc) is 3.63. The minimum absolute atomic E-state index is 0.218. The Morgan fingerprint density at radius 3 is 2.49 bits per heavy atom. The Morgan fingerprint density at radius 2 is 1.76 bits per heavy atom. The van der Waals surface area contributed by atoms with Crippen molar-refractivity contribution in [2.24, 2.45) is 11.8 Å². The predicted octanol–water partition coefficient (Wildman–Crippen LogP) is 3.36. The molecule has 11 nitrogen and oxygen atoms in total. The molecule has 2 aliphatic heterocycles. The highest BCUT2D eigenvalue weighted by Crippen LogP contribution is 2.33. The molecule has 206 valence electrons. The van der Waals surface area contributed by atoms with E-state index < -0.39 is 0 Å². The fraction of sp³-hybridized carbons (Fsp3) is 0.267. The predicted molar refractivity (Wildman–Crippen MR) is 159 cm³/mol. The Kier molecular flexibility index (Phi) is 6.27. The quantitative estimate of drug-likeness (QED) is 0.307. The Morgan fingerprint density at radius 1 is 0.951 bits per heavy atom. The Bertz CT molecular complexity index is 1770. The monoisotopic (exact) mass is 546 g/mol. The van der Waals surface area contributed by atoms with E-state index in [-0.39, 0.29) is 12.1 Å². The van der Waals surface area contributed by atoms with E-state index in [0.717, 1.165) is 30.6 Å². The van der Waals surface area contributed by atoms with Gasteiger partial charge in [-0.25, -0.2) is 19.3 Å². The number of aromatic nitrogens is 7. The van der Waals surface area contributed by atoms with Crippen LogP contribution >= 0.6 is 0 Å². The molecule has 5 aromatic rings. The number of nitrogens with one attached hydrogen (secondary N) is 1. The molecule has 0 saturated carbocycles. The summed E-state index contributed by atoms with van der Waals surface area (Å²) in [7, 11) is 2.21. The van der Waals surface area contributed by atoms with Crippen LogP contribution in [0.25, 0.3) is 28.2 Å². The van der Waals surface area contributed by atoms with Crippen LogP contribution in [0.15, 0.2) is 84.7 Å². The normalized spacial score (nSPS) is 18.6. The van der Waals surface area contributed by atoms with Crippen molar-refractivity contribution in [3.63, 3.8) is 0 Å². The van der Waals surface area contributed by atoms with Crippen LogP contribution in [0, 0.1) is 11.8 Å². The highest BCUT2D eigenvalue weighted by molar-refractivity contribution is 5.77. The van der Waals surface area contributed by atoms with Crippen molar-refractivity contribution in [2.45, 2.75) is 6.54 Å². The molecule has 41 heavy (non-hydrogen) atoms. The second-order valence-corrected chi connectivity index (χ2v) is 10.7. The zero-order valence-corrected chi connectivity index (χ0v) is 22.8. The third kappa shape index (κ3) is 4.63. The SMILES string of the molecule is C=CCn1c(=O)c2cnc(Nc3ccc(N4CC5CN(C)CC5C4)cc3)nc2n1-c1cccc(-c2cnccn2)n1. The van der Waals surface area contributed by atoms with Crippen molar-refractivity contribution in [1.29, 1.82) is 0 Å². The number of allylic oxidation sites excluding steroid dienone is 1. The number of benzene rings is 1. The third-order valence-electron chi connectivity index (χ3n) is 7.91. The van der Waals surface area contributed by atoms with Gasteiger partial charge in [-0.1, -0.05) is 12.1 Å². The lowest BCUT2D eigenvalue weighted by molar-refractivity contribution is 0.387. The number of anilines is 3. The molecule has 1 N–H and O–H groups in total. The first kappa shape index (κ1) is 25.1. The van der Waals surface area contributed by atoms with Crippen LogP contribution in [-0.2, 0) is 6.54 Å². The van der Waals surface area contributed by atoms with Crippen molar-refractivity contribution in [3.05, 3.63) is 90.3 Å². The smallest absolute Gasteiger partial charge is 0.278 e. The molecule has 1 aromatic carbocycles. The van der Waals surface area contributed by atoms with E-state index in [1.54, 1.807) is 40.2 Å². The van der Waals surface area contributed by atoms with Gasteiger partial charge in [0, 0.05) is 56.1 Å². The van der Waals surface area contributed by atoms with Gasteiger partial charge in [0.1, 0.15) is 11.1 Å². The van der Waals surface area contributed by atoms with Crippen LogP contribution in [0.1, 0.15) is 0 Å². The zero-order chi connectivity index (χ0) is 27.9. The summed E-state index contributed by atoms with van der Waals surface area (Å²) in [6, 6.07) is 13.9. The van der Waals surface area contributed by atoms with Gasteiger partial charge < -0.3 is 15.1 Å². The van der Waals surface area contributed by atoms with E-state index >= 15 is 0 Å². The fourth-order valence-electron chi connectivity index (χ4n) is 6.05. The van der Waals surface area contributed by atoms with Gasteiger partial charge in [0.25, 0.3) is 5.56 Å². The minimum atomic E-state index is -0.218. The first-order valence-corrected chi connectivity index (χ1v) is 13.7. The molecule has 0 radical (unpaired) electrons. The summed E-state index contributed by atoms with van der Waals surface area (Å²) in [6.45, 7) is 8.68. The van der Waals surface area contributed by atoms with Gasteiger partial charge >= 0.3 is 0 Å². The lowest BCUT2D eigenvalue weighted by atomic mass is 10.0. The highest BCUT2D eigenvalue weighted by Gasteiger charge is 2.38. The maximum Gasteiger partial charge on any atom is 0.278 e. The molecule has 11 heteroatoms. The van der Waals surface area contributed by atoms with Crippen LogP contribution in [0.3, 0.4) is 0 Å². The topological polar surface area (TPSA) is 110 Å². The number of hydrogen-bond acceptors (Lipinski definition) is 9. The summed E-state index contributed by atoms with van der Waals surface area (Å²) in [5, 5.41) is 3.70. The van der Waals surface area contributed by atoms with E-state index in [1.165, 1.54) is 18.8 Å². The largest absolute Gasteiger partial charge is 0.371 e. The van der Waals surface area contributed by atoms with Gasteiger partial charge in [-0.2, -0.15) is 4.98 Å². The lowest BCUT2D eigenvalue weighted by Gasteiger charge is -2.21. The number of fused-ring (bicyclic) bond motifs is 2.